The Morgan fingerprint density at radius 2 is 1.83 bits per heavy atom. The number of nitrogens with one attached hydrogen (secondary N) is 2. The predicted octanol–water partition coefficient (Wildman–Crippen LogP) is 1.46. The predicted molar refractivity (Wildman–Crippen MR) is 113 cm³/mol. The summed E-state index contributed by atoms with van der Waals surface area (Å²) in [6, 6.07) is -1.74. The van der Waals surface area contributed by atoms with Crippen LogP contribution >= 0.6 is 34.8 Å². The van der Waals surface area contributed by atoms with Gasteiger partial charge < -0.3 is 19.9 Å². The molecule has 1 rings (SSSR count). The molecular formula is C18H30Cl3N3O6. The summed E-state index contributed by atoms with van der Waals surface area (Å²) >= 11 is 16.7. The van der Waals surface area contributed by atoms with Crippen LogP contribution < -0.4 is 10.7 Å². The molecular weight excluding hydrogens is 461 g/mol. The van der Waals surface area contributed by atoms with Gasteiger partial charge in [-0.15, -0.1) is 0 Å². The van der Waals surface area contributed by atoms with Crippen LogP contribution in [0.3, 0.4) is 0 Å². The number of hydrogen-bond donors (Lipinski definition) is 3. The van der Waals surface area contributed by atoms with Crippen molar-refractivity contribution in [2.75, 3.05) is 13.2 Å². The molecule has 174 valence electrons. The molecule has 3 N–H and O–H groups in total. The molecule has 1 aliphatic rings. The lowest BCUT2D eigenvalue weighted by atomic mass is 10.1. The maximum atomic E-state index is 12.7. The van der Waals surface area contributed by atoms with Crippen molar-refractivity contribution in [1.29, 1.82) is 0 Å². The van der Waals surface area contributed by atoms with Crippen LogP contribution in [0.2, 0.25) is 0 Å². The van der Waals surface area contributed by atoms with Crippen molar-refractivity contribution >= 4 is 52.6 Å². The highest BCUT2D eigenvalue weighted by atomic mass is 35.6. The van der Waals surface area contributed by atoms with Crippen LogP contribution in [0.1, 0.15) is 47.5 Å². The quantitative estimate of drug-likeness (QED) is 0.365. The lowest BCUT2D eigenvalue weighted by Crippen LogP contribution is -2.60. The van der Waals surface area contributed by atoms with Gasteiger partial charge in [-0.25, -0.2) is 5.43 Å². The van der Waals surface area contributed by atoms with Crippen molar-refractivity contribution < 1.29 is 29.0 Å². The molecule has 0 aromatic carbocycles. The zero-order valence-corrected chi connectivity index (χ0v) is 20.0. The number of hydrazine groups is 1. The first-order chi connectivity index (χ1) is 13.6. The molecule has 1 aliphatic heterocycles. The number of carbonyl (C=O) groups excluding carboxylic acids is 3. The van der Waals surface area contributed by atoms with Gasteiger partial charge in [0.25, 0.3) is 11.8 Å². The maximum Gasteiger partial charge on any atom is 0.325 e. The number of alkyl halides is 3. The van der Waals surface area contributed by atoms with Crippen molar-refractivity contribution in [2.45, 2.75) is 81.1 Å². The summed E-state index contributed by atoms with van der Waals surface area (Å²) in [6.45, 7) is 8.38. The van der Waals surface area contributed by atoms with Gasteiger partial charge in [-0.1, -0.05) is 34.8 Å². The second kappa shape index (κ2) is 11.2. The number of carbonyl (C=O) groups is 3. The van der Waals surface area contributed by atoms with E-state index in [2.05, 4.69) is 10.7 Å². The first kappa shape index (κ1) is 27.2. The van der Waals surface area contributed by atoms with Crippen molar-refractivity contribution in [1.82, 2.24) is 15.8 Å². The average molecular weight is 491 g/mol. The van der Waals surface area contributed by atoms with Gasteiger partial charge in [-0.3, -0.25) is 19.4 Å². The zero-order chi connectivity index (χ0) is 23.3. The van der Waals surface area contributed by atoms with Crippen molar-refractivity contribution in [2.24, 2.45) is 0 Å². The van der Waals surface area contributed by atoms with E-state index in [4.69, 9.17) is 44.3 Å². The number of nitrogens with zero attached hydrogens (tertiary/aromatic N) is 1. The molecule has 1 heterocycles. The molecule has 0 aliphatic carbocycles. The van der Waals surface area contributed by atoms with Crippen LogP contribution in [0.15, 0.2) is 0 Å². The summed E-state index contributed by atoms with van der Waals surface area (Å²) in [5.41, 5.74) is 2.23. The first-order valence-corrected chi connectivity index (χ1v) is 10.7. The molecule has 4 atom stereocenters. The Bertz CT molecular complexity index is 623. The van der Waals surface area contributed by atoms with Crippen LogP contribution in [0.25, 0.3) is 0 Å². The number of aliphatic hydroxyl groups excluding tert-OH is 1. The fourth-order valence-corrected chi connectivity index (χ4v) is 2.96. The largest absolute Gasteiger partial charge is 0.460 e. The number of rotatable bonds is 7. The van der Waals surface area contributed by atoms with E-state index in [0.29, 0.717) is 19.4 Å². The summed E-state index contributed by atoms with van der Waals surface area (Å²) in [5.74, 6) is -1.86. The van der Waals surface area contributed by atoms with Gasteiger partial charge in [0.05, 0.1) is 11.7 Å². The number of amides is 2. The molecule has 30 heavy (non-hydrogen) atoms. The van der Waals surface area contributed by atoms with Gasteiger partial charge >= 0.3 is 5.97 Å². The van der Waals surface area contributed by atoms with Gasteiger partial charge in [0.15, 0.2) is 6.10 Å². The zero-order valence-electron chi connectivity index (χ0n) is 17.7. The van der Waals surface area contributed by atoms with E-state index >= 15 is 0 Å². The summed E-state index contributed by atoms with van der Waals surface area (Å²) in [5, 5.41) is 13.9. The van der Waals surface area contributed by atoms with Crippen molar-refractivity contribution in [3.63, 3.8) is 0 Å². The van der Waals surface area contributed by atoms with Crippen LogP contribution in [0.5, 0.6) is 0 Å². The van der Waals surface area contributed by atoms with E-state index in [1.54, 1.807) is 27.7 Å². The van der Waals surface area contributed by atoms with Crippen LogP contribution in [0, 0.1) is 0 Å². The highest BCUT2D eigenvalue weighted by Gasteiger charge is 2.34. The molecule has 0 radical (unpaired) electrons. The van der Waals surface area contributed by atoms with Crippen LogP contribution in [-0.2, 0) is 23.9 Å². The van der Waals surface area contributed by atoms with Crippen LogP contribution in [0.4, 0.5) is 0 Å². The fourth-order valence-electron chi connectivity index (χ4n) is 2.80. The number of aliphatic hydroxyl groups is 1. The topological polar surface area (TPSA) is 117 Å². The maximum absolute atomic E-state index is 12.7. The van der Waals surface area contributed by atoms with Crippen molar-refractivity contribution in [3.05, 3.63) is 0 Å². The number of esters is 1. The third kappa shape index (κ3) is 9.53. The molecule has 0 bridgehead atoms. The van der Waals surface area contributed by atoms with Crippen molar-refractivity contribution in [3.8, 4) is 0 Å². The van der Waals surface area contributed by atoms with E-state index < -0.39 is 58.1 Å². The Balaban J connectivity index is 2.60. The summed E-state index contributed by atoms with van der Waals surface area (Å²) < 4.78 is 8.78. The third-order valence-corrected chi connectivity index (χ3v) is 4.42. The Morgan fingerprint density at radius 3 is 2.37 bits per heavy atom. The minimum absolute atomic E-state index is 0.333. The van der Waals surface area contributed by atoms with E-state index in [-0.39, 0.29) is 0 Å². The van der Waals surface area contributed by atoms with Gasteiger partial charge in [0.1, 0.15) is 18.7 Å². The number of halogens is 3. The standard InChI is InChI=1S/C18H30Cl3N3O6/c1-10(22-14(26)13(25)11(2)30-17(3,4)5)15(27)24-8-6-7-12(23-24)16(28)29-9-18(19,20)21/h10-13,23,25H,6-9H2,1-5H3,(H,22,26)/t10-,11?,12-,13-/m0/s1. The Labute approximate surface area is 191 Å². The average Bonchev–Trinajstić information content (AvgIpc) is 2.62. The fraction of sp³-hybridized carbons (Fsp3) is 0.833. The molecule has 0 spiro atoms. The molecule has 0 aromatic rings. The van der Waals surface area contributed by atoms with E-state index in [0.717, 1.165) is 0 Å². The summed E-state index contributed by atoms with van der Waals surface area (Å²) in [6.07, 6.45) is -1.24. The molecule has 2 amide bonds. The number of ether oxygens (including phenoxy) is 2. The van der Waals surface area contributed by atoms with Gasteiger partial charge in [0.2, 0.25) is 3.79 Å². The molecule has 1 fully saturated rings. The van der Waals surface area contributed by atoms with E-state index in [9.17, 15) is 19.5 Å². The van der Waals surface area contributed by atoms with E-state index in [1.807, 2.05) is 0 Å². The highest BCUT2D eigenvalue weighted by Crippen LogP contribution is 2.26. The normalized spacial score (nSPS) is 20.8. The van der Waals surface area contributed by atoms with Gasteiger partial charge in [-0.2, -0.15) is 0 Å². The second-order valence-electron chi connectivity index (χ2n) is 8.15. The molecule has 0 aromatic heterocycles. The SMILES string of the molecule is CC(OC(C)(C)C)[C@H](O)C(=O)N[C@@H](C)C(=O)N1CCC[C@@H](C(=O)OCC(Cl)(Cl)Cl)N1. The minimum Gasteiger partial charge on any atom is -0.460 e. The Morgan fingerprint density at radius 1 is 1.23 bits per heavy atom. The van der Waals surface area contributed by atoms with E-state index in [1.165, 1.54) is 11.9 Å². The lowest BCUT2D eigenvalue weighted by molar-refractivity contribution is -0.154. The second-order valence-corrected chi connectivity index (χ2v) is 10.7. The molecule has 12 heteroatoms. The summed E-state index contributed by atoms with van der Waals surface area (Å²) in [4.78, 5) is 37.1. The smallest absolute Gasteiger partial charge is 0.325 e. The first-order valence-electron chi connectivity index (χ1n) is 9.58. The minimum atomic E-state index is -1.73. The molecule has 0 saturated carbocycles. The summed E-state index contributed by atoms with van der Waals surface area (Å²) in [7, 11) is 0. The lowest BCUT2D eigenvalue weighted by Gasteiger charge is -2.34. The molecule has 1 unspecified atom stereocenters. The molecule has 1 saturated heterocycles. The van der Waals surface area contributed by atoms with Gasteiger partial charge in [0, 0.05) is 6.54 Å². The number of hydrogen-bond acceptors (Lipinski definition) is 7. The highest BCUT2D eigenvalue weighted by molar-refractivity contribution is 6.67. The third-order valence-electron chi connectivity index (χ3n) is 4.10. The van der Waals surface area contributed by atoms with Gasteiger partial charge in [-0.05, 0) is 47.5 Å². The Kier molecular flexibility index (Phi) is 10.1. The monoisotopic (exact) mass is 489 g/mol. The van der Waals surface area contributed by atoms with Crippen LogP contribution in [-0.4, -0.2) is 74.7 Å². The Hall–Kier alpha value is -0.840. The molecule has 9 nitrogen and oxygen atoms in total.